The van der Waals surface area contributed by atoms with Gasteiger partial charge in [0.25, 0.3) is 0 Å². The molecular formula is C20H23N3O3. The van der Waals surface area contributed by atoms with Crippen LogP contribution in [0.4, 0.5) is 0 Å². The van der Waals surface area contributed by atoms with Gasteiger partial charge in [0.1, 0.15) is 5.75 Å². The molecule has 0 saturated heterocycles. The van der Waals surface area contributed by atoms with Crippen molar-refractivity contribution in [2.75, 3.05) is 6.54 Å². The summed E-state index contributed by atoms with van der Waals surface area (Å²) in [5.41, 5.74) is 4.09. The van der Waals surface area contributed by atoms with Crippen LogP contribution in [0.2, 0.25) is 0 Å². The van der Waals surface area contributed by atoms with Crippen LogP contribution < -0.4 is 15.5 Å². The van der Waals surface area contributed by atoms with Gasteiger partial charge in [-0.1, -0.05) is 30.3 Å². The first-order valence-electron chi connectivity index (χ1n) is 8.46. The number of hydrazone groups is 1. The van der Waals surface area contributed by atoms with E-state index in [9.17, 15) is 9.59 Å². The average molecular weight is 353 g/mol. The number of benzene rings is 2. The van der Waals surface area contributed by atoms with Crippen molar-refractivity contribution in [2.24, 2.45) is 5.10 Å². The maximum Gasteiger partial charge on any atom is 0.329 e. The highest BCUT2D eigenvalue weighted by Gasteiger charge is 2.11. The summed E-state index contributed by atoms with van der Waals surface area (Å²) in [4.78, 5) is 23.4. The summed E-state index contributed by atoms with van der Waals surface area (Å²) in [6.45, 7) is 4.29. The predicted octanol–water partition coefficient (Wildman–Crippen LogP) is 2.28. The predicted molar refractivity (Wildman–Crippen MR) is 101 cm³/mol. The fourth-order valence-electron chi connectivity index (χ4n) is 2.17. The van der Waals surface area contributed by atoms with Crippen molar-refractivity contribution in [1.29, 1.82) is 0 Å². The fourth-order valence-corrected chi connectivity index (χ4v) is 2.17. The Balaban J connectivity index is 1.72. The Labute approximate surface area is 153 Å². The number of nitrogens with one attached hydrogen (secondary N) is 2. The van der Waals surface area contributed by atoms with Crippen molar-refractivity contribution in [3.8, 4) is 5.75 Å². The topological polar surface area (TPSA) is 79.8 Å². The molecule has 0 bridgehead atoms. The van der Waals surface area contributed by atoms with Crippen molar-refractivity contribution in [1.82, 2.24) is 10.7 Å². The number of nitrogens with zero attached hydrogens (tertiary/aromatic N) is 1. The zero-order valence-corrected chi connectivity index (χ0v) is 14.9. The molecule has 0 aliphatic rings. The molecule has 0 spiro atoms. The molecule has 2 aromatic carbocycles. The first kappa shape index (κ1) is 19.2. The Bertz CT molecular complexity index is 741. The van der Waals surface area contributed by atoms with Crippen molar-refractivity contribution in [2.45, 2.75) is 26.4 Å². The SMILES string of the molecule is CC(C)Oc1ccc(/C=N\NC(=O)C(=O)NCCc2ccccc2)cc1. The highest BCUT2D eigenvalue weighted by molar-refractivity contribution is 6.35. The van der Waals surface area contributed by atoms with Crippen molar-refractivity contribution in [3.63, 3.8) is 0 Å². The second kappa shape index (κ2) is 9.98. The lowest BCUT2D eigenvalue weighted by molar-refractivity contribution is -0.139. The molecule has 6 heteroatoms. The lowest BCUT2D eigenvalue weighted by Crippen LogP contribution is -2.38. The van der Waals surface area contributed by atoms with Crippen molar-refractivity contribution >= 4 is 18.0 Å². The van der Waals surface area contributed by atoms with Crippen LogP contribution in [0, 0.1) is 0 Å². The van der Waals surface area contributed by atoms with Gasteiger partial charge in [-0.2, -0.15) is 5.10 Å². The highest BCUT2D eigenvalue weighted by atomic mass is 16.5. The number of carbonyl (C=O) groups excluding carboxylic acids is 2. The van der Waals surface area contributed by atoms with Gasteiger partial charge in [-0.15, -0.1) is 0 Å². The molecule has 26 heavy (non-hydrogen) atoms. The molecule has 0 aliphatic carbocycles. The summed E-state index contributed by atoms with van der Waals surface area (Å²) in [6.07, 6.45) is 2.23. The smallest absolute Gasteiger partial charge is 0.329 e. The summed E-state index contributed by atoms with van der Waals surface area (Å²) in [7, 11) is 0. The maximum absolute atomic E-state index is 11.7. The molecule has 2 amide bonds. The third kappa shape index (κ3) is 6.76. The van der Waals surface area contributed by atoms with E-state index in [0.717, 1.165) is 16.9 Å². The minimum atomic E-state index is -0.797. The van der Waals surface area contributed by atoms with E-state index in [-0.39, 0.29) is 6.10 Å². The van der Waals surface area contributed by atoms with Gasteiger partial charge in [0.05, 0.1) is 12.3 Å². The molecule has 0 aliphatic heterocycles. The van der Waals surface area contributed by atoms with E-state index < -0.39 is 11.8 Å². The molecule has 2 N–H and O–H groups in total. The molecule has 0 radical (unpaired) electrons. The van der Waals surface area contributed by atoms with Gasteiger partial charge in [0.15, 0.2) is 0 Å². The van der Waals surface area contributed by atoms with Crippen LogP contribution in [0.5, 0.6) is 5.75 Å². The van der Waals surface area contributed by atoms with Crippen LogP contribution in [0.1, 0.15) is 25.0 Å². The van der Waals surface area contributed by atoms with E-state index >= 15 is 0 Å². The normalized spacial score (nSPS) is 10.7. The molecule has 2 rings (SSSR count). The lowest BCUT2D eigenvalue weighted by atomic mass is 10.1. The minimum absolute atomic E-state index is 0.106. The highest BCUT2D eigenvalue weighted by Crippen LogP contribution is 2.12. The molecule has 0 heterocycles. The largest absolute Gasteiger partial charge is 0.491 e. The van der Waals surface area contributed by atoms with Gasteiger partial charge < -0.3 is 10.1 Å². The van der Waals surface area contributed by atoms with Gasteiger partial charge >= 0.3 is 11.8 Å². The average Bonchev–Trinajstić information content (AvgIpc) is 2.63. The monoisotopic (exact) mass is 353 g/mol. The molecule has 0 aromatic heterocycles. The van der Waals surface area contributed by atoms with Gasteiger partial charge in [0.2, 0.25) is 0 Å². The van der Waals surface area contributed by atoms with Crippen LogP contribution >= 0.6 is 0 Å². The summed E-state index contributed by atoms with van der Waals surface area (Å²) in [5, 5.41) is 6.36. The number of ether oxygens (including phenoxy) is 1. The number of amides is 2. The van der Waals surface area contributed by atoms with Crippen LogP contribution in [0.3, 0.4) is 0 Å². The van der Waals surface area contributed by atoms with E-state index in [1.54, 1.807) is 0 Å². The first-order valence-corrected chi connectivity index (χ1v) is 8.46. The second-order valence-corrected chi connectivity index (χ2v) is 5.93. The molecule has 136 valence electrons. The summed E-state index contributed by atoms with van der Waals surface area (Å²) in [5.74, 6) is -0.744. The maximum atomic E-state index is 11.7. The van der Waals surface area contributed by atoms with Gasteiger partial charge in [0, 0.05) is 6.54 Å². The molecule has 0 atom stereocenters. The molecule has 2 aromatic rings. The summed E-state index contributed by atoms with van der Waals surface area (Å²) in [6, 6.07) is 17.0. The van der Waals surface area contributed by atoms with E-state index in [1.165, 1.54) is 6.21 Å². The second-order valence-electron chi connectivity index (χ2n) is 5.93. The van der Waals surface area contributed by atoms with Crippen LogP contribution in [-0.4, -0.2) is 30.7 Å². The number of hydrogen-bond acceptors (Lipinski definition) is 4. The van der Waals surface area contributed by atoms with Crippen molar-refractivity contribution < 1.29 is 14.3 Å². The quantitative estimate of drug-likeness (QED) is 0.455. The van der Waals surface area contributed by atoms with Crippen LogP contribution in [0.25, 0.3) is 0 Å². The standard InChI is InChI=1S/C20H23N3O3/c1-15(2)26-18-10-8-17(9-11-18)14-22-23-20(25)19(24)21-13-12-16-6-4-3-5-7-16/h3-11,14-15H,12-13H2,1-2H3,(H,21,24)(H,23,25)/b22-14-. The van der Waals surface area contributed by atoms with E-state index in [4.69, 9.17) is 4.74 Å². The first-order chi connectivity index (χ1) is 12.5. The van der Waals surface area contributed by atoms with Gasteiger partial charge in [-0.3, -0.25) is 9.59 Å². The Morgan fingerprint density at radius 1 is 1.04 bits per heavy atom. The number of hydrogen-bond donors (Lipinski definition) is 2. The number of carbonyl (C=O) groups is 2. The van der Waals surface area contributed by atoms with E-state index in [1.807, 2.05) is 68.4 Å². The summed E-state index contributed by atoms with van der Waals surface area (Å²) >= 11 is 0. The molecule has 0 unspecified atom stereocenters. The molecule has 0 fully saturated rings. The lowest BCUT2D eigenvalue weighted by Gasteiger charge is -2.09. The Kier molecular flexibility index (Phi) is 7.36. The number of rotatable bonds is 7. The Morgan fingerprint density at radius 3 is 2.38 bits per heavy atom. The molecular weight excluding hydrogens is 330 g/mol. The van der Waals surface area contributed by atoms with Gasteiger partial charge in [-0.25, -0.2) is 5.43 Å². The van der Waals surface area contributed by atoms with E-state index in [2.05, 4.69) is 15.8 Å². The molecule has 0 saturated carbocycles. The summed E-state index contributed by atoms with van der Waals surface area (Å²) < 4.78 is 5.55. The Morgan fingerprint density at radius 2 is 1.73 bits per heavy atom. The molecule has 6 nitrogen and oxygen atoms in total. The Hall–Kier alpha value is -3.15. The van der Waals surface area contributed by atoms with Crippen LogP contribution in [-0.2, 0) is 16.0 Å². The van der Waals surface area contributed by atoms with Crippen molar-refractivity contribution in [3.05, 3.63) is 65.7 Å². The third-order valence-electron chi connectivity index (χ3n) is 3.38. The third-order valence-corrected chi connectivity index (χ3v) is 3.38. The zero-order chi connectivity index (χ0) is 18.8. The fraction of sp³-hybridized carbons (Fsp3) is 0.250. The van der Waals surface area contributed by atoms with E-state index in [0.29, 0.717) is 13.0 Å². The minimum Gasteiger partial charge on any atom is -0.491 e. The van der Waals surface area contributed by atoms with Crippen LogP contribution in [0.15, 0.2) is 59.7 Å². The van der Waals surface area contributed by atoms with Gasteiger partial charge in [-0.05, 0) is 55.7 Å². The zero-order valence-electron chi connectivity index (χ0n) is 14.9.